The van der Waals surface area contributed by atoms with E-state index in [1.165, 1.54) is 6.07 Å². The van der Waals surface area contributed by atoms with Crippen molar-refractivity contribution < 1.29 is 14.5 Å². The van der Waals surface area contributed by atoms with Crippen LogP contribution in [-0.2, 0) is 9.53 Å². The van der Waals surface area contributed by atoms with Crippen LogP contribution in [0, 0.1) is 10.1 Å². The zero-order chi connectivity index (χ0) is 19.5. The van der Waals surface area contributed by atoms with Crippen LogP contribution in [0.5, 0.6) is 0 Å². The number of anilines is 1. The van der Waals surface area contributed by atoms with Crippen molar-refractivity contribution in [2.24, 2.45) is 0 Å². The highest BCUT2D eigenvalue weighted by molar-refractivity contribution is 6.75. The van der Waals surface area contributed by atoms with Gasteiger partial charge in [-0.25, -0.2) is 4.79 Å². The Kier molecular flexibility index (Phi) is 6.34. The van der Waals surface area contributed by atoms with Gasteiger partial charge >= 0.3 is 5.97 Å². The predicted octanol–water partition coefficient (Wildman–Crippen LogP) is 4.66. The van der Waals surface area contributed by atoms with Crippen LogP contribution in [0.15, 0.2) is 48.5 Å². The third-order valence-corrected chi connectivity index (χ3v) is 4.03. The Morgan fingerprint density at radius 1 is 1.15 bits per heavy atom. The van der Waals surface area contributed by atoms with Crippen molar-refractivity contribution in [2.45, 2.75) is 9.90 Å². The zero-order valence-electron chi connectivity index (χ0n) is 13.9. The Morgan fingerprint density at radius 3 is 2.27 bits per heavy atom. The summed E-state index contributed by atoms with van der Waals surface area (Å²) in [5.41, 5.74) is 1.17. The quantitative estimate of drug-likeness (QED) is 0.306. The van der Waals surface area contributed by atoms with Crippen LogP contribution in [0.2, 0.25) is 0 Å². The zero-order valence-corrected chi connectivity index (χ0v) is 16.1. The van der Waals surface area contributed by atoms with E-state index in [1.807, 2.05) is 0 Å². The normalized spacial score (nSPS) is 12.3. The lowest BCUT2D eigenvalue weighted by Gasteiger charge is -2.22. The van der Waals surface area contributed by atoms with E-state index in [0.717, 1.165) is 0 Å². The first kappa shape index (κ1) is 20.3. The van der Waals surface area contributed by atoms with Gasteiger partial charge in [0.2, 0.25) is 0 Å². The molecule has 138 valence electrons. The number of rotatable bonds is 5. The topological polar surface area (TPSA) is 72.7 Å². The van der Waals surface area contributed by atoms with E-state index in [-0.39, 0.29) is 11.3 Å². The molecule has 1 unspecified atom stereocenters. The molecule has 0 bridgehead atoms. The lowest BCUT2D eigenvalue weighted by molar-refractivity contribution is -0.386. The molecule has 0 fully saturated rings. The largest absolute Gasteiger partial charge is 0.449 e. The molecule has 0 N–H and O–H groups in total. The van der Waals surface area contributed by atoms with Gasteiger partial charge < -0.3 is 9.64 Å². The molecule has 0 aliphatic heterocycles. The van der Waals surface area contributed by atoms with Crippen molar-refractivity contribution in [1.29, 1.82) is 0 Å². The molecular weight excluding hydrogens is 403 g/mol. The number of ether oxygens (including phenoxy) is 1. The Labute approximate surface area is 165 Å². The summed E-state index contributed by atoms with van der Waals surface area (Å²) in [6, 6.07) is 13.1. The van der Waals surface area contributed by atoms with Crippen LogP contribution in [0.25, 0.3) is 0 Å². The summed E-state index contributed by atoms with van der Waals surface area (Å²) < 4.78 is 3.05. The number of alkyl halides is 3. The molecule has 0 aliphatic rings. The molecule has 0 spiro atoms. The first-order chi connectivity index (χ1) is 12.1. The van der Waals surface area contributed by atoms with Gasteiger partial charge in [-0.3, -0.25) is 10.1 Å². The van der Waals surface area contributed by atoms with E-state index in [1.54, 1.807) is 61.5 Å². The second kappa shape index (κ2) is 8.12. The van der Waals surface area contributed by atoms with Gasteiger partial charge in [-0.1, -0.05) is 65.1 Å². The second-order valence-electron chi connectivity index (χ2n) is 5.59. The molecule has 0 saturated heterocycles. The van der Waals surface area contributed by atoms with Gasteiger partial charge in [0.05, 0.1) is 10.5 Å². The molecule has 9 heteroatoms. The van der Waals surface area contributed by atoms with Crippen LogP contribution in [0.1, 0.15) is 17.2 Å². The summed E-state index contributed by atoms with van der Waals surface area (Å²) in [6.07, 6.45) is -1.11. The third kappa shape index (κ3) is 4.78. The summed E-state index contributed by atoms with van der Waals surface area (Å²) in [5, 5.41) is 11.5. The van der Waals surface area contributed by atoms with Crippen molar-refractivity contribution in [3.05, 3.63) is 69.8 Å². The maximum atomic E-state index is 12.1. The molecular formula is C17H15Cl3N2O4. The Hall–Kier alpha value is -2.02. The van der Waals surface area contributed by atoms with Crippen molar-refractivity contribution in [3.63, 3.8) is 0 Å². The lowest BCUT2D eigenvalue weighted by atomic mass is 9.99. The van der Waals surface area contributed by atoms with E-state index < -0.39 is 20.8 Å². The SMILES string of the molecule is CN(C)c1ccc([N+](=O)[O-])c(C(OC(=O)C(Cl)(Cl)Cl)c2ccccc2)c1. The fourth-order valence-corrected chi connectivity index (χ4v) is 2.44. The fraction of sp³-hybridized carbons (Fsp3) is 0.235. The van der Waals surface area contributed by atoms with E-state index >= 15 is 0 Å². The predicted molar refractivity (Wildman–Crippen MR) is 102 cm³/mol. The molecule has 0 aliphatic carbocycles. The Bertz CT molecular complexity index is 807. The number of carbonyl (C=O) groups is 1. The van der Waals surface area contributed by atoms with Gasteiger partial charge in [0, 0.05) is 25.8 Å². The molecule has 0 aromatic heterocycles. The lowest BCUT2D eigenvalue weighted by Crippen LogP contribution is -2.25. The van der Waals surface area contributed by atoms with Crippen molar-refractivity contribution in [3.8, 4) is 0 Å². The first-order valence-electron chi connectivity index (χ1n) is 7.39. The van der Waals surface area contributed by atoms with Gasteiger partial charge in [-0.05, 0) is 17.7 Å². The molecule has 2 rings (SSSR count). The van der Waals surface area contributed by atoms with Crippen molar-refractivity contribution in [2.75, 3.05) is 19.0 Å². The van der Waals surface area contributed by atoms with Gasteiger partial charge in [-0.15, -0.1) is 0 Å². The van der Waals surface area contributed by atoms with Crippen LogP contribution < -0.4 is 4.90 Å². The number of hydrogen-bond donors (Lipinski definition) is 0. The average molecular weight is 418 g/mol. The standard InChI is InChI=1S/C17H15Cl3N2O4/c1-21(2)12-8-9-14(22(24)25)13(10-12)15(11-6-4-3-5-7-11)26-16(23)17(18,19)20/h3-10,15H,1-2H3. The summed E-state index contributed by atoms with van der Waals surface area (Å²) in [5.74, 6) is -1.12. The van der Waals surface area contributed by atoms with Crippen molar-refractivity contribution >= 4 is 52.1 Å². The number of nitro benzene ring substituents is 1. The number of carbonyl (C=O) groups excluding carboxylic acids is 1. The van der Waals surface area contributed by atoms with E-state index in [0.29, 0.717) is 11.3 Å². The monoisotopic (exact) mass is 416 g/mol. The molecule has 1 atom stereocenters. The third-order valence-electron chi connectivity index (χ3n) is 3.57. The number of halogens is 3. The van der Waals surface area contributed by atoms with E-state index in [4.69, 9.17) is 39.5 Å². The second-order valence-corrected chi connectivity index (χ2v) is 7.87. The first-order valence-corrected chi connectivity index (χ1v) is 8.53. The molecule has 0 amide bonds. The Morgan fingerprint density at radius 2 is 1.77 bits per heavy atom. The van der Waals surface area contributed by atoms with Crippen LogP contribution in [0.3, 0.4) is 0 Å². The minimum atomic E-state index is -2.30. The number of hydrogen-bond acceptors (Lipinski definition) is 5. The number of nitrogens with zero attached hydrogens (tertiary/aromatic N) is 2. The van der Waals surface area contributed by atoms with Gasteiger partial charge in [0.15, 0.2) is 6.10 Å². The summed E-state index contributed by atoms with van der Waals surface area (Å²) in [7, 11) is 3.57. The summed E-state index contributed by atoms with van der Waals surface area (Å²) in [4.78, 5) is 24.8. The highest BCUT2D eigenvalue weighted by Crippen LogP contribution is 2.38. The molecule has 2 aromatic rings. The van der Waals surface area contributed by atoms with Gasteiger partial charge in [-0.2, -0.15) is 0 Å². The van der Waals surface area contributed by atoms with Crippen LogP contribution >= 0.6 is 34.8 Å². The summed E-state index contributed by atoms with van der Waals surface area (Å²) in [6.45, 7) is 0. The molecule has 2 aromatic carbocycles. The van der Waals surface area contributed by atoms with Crippen LogP contribution in [0.4, 0.5) is 11.4 Å². The van der Waals surface area contributed by atoms with Crippen LogP contribution in [-0.4, -0.2) is 28.8 Å². The smallest absolute Gasteiger partial charge is 0.359 e. The fourth-order valence-electron chi connectivity index (χ4n) is 2.31. The maximum absolute atomic E-state index is 12.1. The minimum absolute atomic E-state index is 0.176. The molecule has 26 heavy (non-hydrogen) atoms. The van der Waals surface area contributed by atoms with E-state index in [9.17, 15) is 14.9 Å². The highest BCUT2D eigenvalue weighted by Gasteiger charge is 2.37. The summed E-state index contributed by atoms with van der Waals surface area (Å²) >= 11 is 16.8. The number of nitro groups is 1. The number of benzene rings is 2. The molecule has 0 radical (unpaired) electrons. The van der Waals surface area contributed by atoms with Gasteiger partial charge in [0.1, 0.15) is 0 Å². The molecule has 6 nitrogen and oxygen atoms in total. The van der Waals surface area contributed by atoms with E-state index in [2.05, 4.69) is 0 Å². The molecule has 0 heterocycles. The minimum Gasteiger partial charge on any atom is -0.449 e. The maximum Gasteiger partial charge on any atom is 0.359 e. The number of esters is 1. The average Bonchev–Trinajstić information content (AvgIpc) is 2.58. The van der Waals surface area contributed by atoms with Gasteiger partial charge in [0.25, 0.3) is 9.48 Å². The highest BCUT2D eigenvalue weighted by atomic mass is 35.6. The van der Waals surface area contributed by atoms with Crippen molar-refractivity contribution in [1.82, 2.24) is 0 Å². The molecule has 0 saturated carbocycles. The Balaban J connectivity index is 2.63.